The summed E-state index contributed by atoms with van der Waals surface area (Å²) in [5.41, 5.74) is 5.77. The zero-order chi connectivity index (χ0) is 19.0. The molecule has 26 heavy (non-hydrogen) atoms. The number of hydrogen-bond donors (Lipinski definition) is 1. The number of ether oxygens (including phenoxy) is 1. The van der Waals surface area contributed by atoms with E-state index in [0.717, 1.165) is 47.7 Å². The quantitative estimate of drug-likeness (QED) is 0.839. The number of hydrogen-bond acceptors (Lipinski definition) is 5. The first-order chi connectivity index (χ1) is 12.4. The van der Waals surface area contributed by atoms with Gasteiger partial charge in [-0.05, 0) is 47.5 Å². The number of rotatable bonds is 4. The lowest BCUT2D eigenvalue weighted by molar-refractivity contribution is -0.138. The molecule has 6 heteroatoms. The van der Waals surface area contributed by atoms with Crippen molar-refractivity contribution in [2.75, 3.05) is 6.61 Å². The molecule has 1 N–H and O–H groups in total. The predicted octanol–water partition coefficient (Wildman–Crippen LogP) is 3.05. The molecule has 2 aliphatic rings. The number of aryl methyl sites for hydroxylation is 2. The molecule has 0 fully saturated rings. The van der Waals surface area contributed by atoms with Crippen molar-refractivity contribution in [2.24, 2.45) is 0 Å². The monoisotopic (exact) mass is 357 g/mol. The van der Waals surface area contributed by atoms with Gasteiger partial charge in [0.05, 0.1) is 23.8 Å². The Kier molecular flexibility index (Phi) is 5.03. The van der Waals surface area contributed by atoms with Crippen molar-refractivity contribution in [2.45, 2.75) is 66.3 Å². The Morgan fingerprint density at radius 2 is 2.00 bits per heavy atom. The number of aromatic nitrogens is 2. The van der Waals surface area contributed by atoms with E-state index in [2.05, 4.69) is 10.4 Å². The summed E-state index contributed by atoms with van der Waals surface area (Å²) < 4.78 is 7.26. The topological polar surface area (TPSA) is 73.2 Å². The Bertz CT molecular complexity index is 830. The molecule has 0 amide bonds. The van der Waals surface area contributed by atoms with Gasteiger partial charge in [-0.15, -0.1) is 0 Å². The van der Waals surface area contributed by atoms with E-state index in [1.165, 1.54) is 0 Å². The third-order valence-electron chi connectivity index (χ3n) is 5.30. The number of nitrogens with one attached hydrogen (secondary N) is 1. The van der Waals surface area contributed by atoms with Crippen LogP contribution < -0.4 is 5.32 Å². The Labute approximate surface area is 154 Å². The van der Waals surface area contributed by atoms with E-state index in [1.807, 2.05) is 32.4 Å². The molecule has 1 aromatic heterocycles. The number of carbonyl (C=O) groups is 2. The van der Waals surface area contributed by atoms with Crippen LogP contribution in [0.5, 0.6) is 0 Å². The molecule has 0 spiro atoms. The van der Waals surface area contributed by atoms with Crippen LogP contribution in [0.25, 0.3) is 0 Å². The zero-order valence-corrected chi connectivity index (χ0v) is 16.2. The normalized spacial score (nSPS) is 20.2. The Hall–Kier alpha value is -2.37. The largest absolute Gasteiger partial charge is 0.463 e. The molecule has 6 nitrogen and oxygen atoms in total. The van der Waals surface area contributed by atoms with Crippen molar-refractivity contribution < 1.29 is 14.3 Å². The van der Waals surface area contributed by atoms with Gasteiger partial charge in [0.25, 0.3) is 0 Å². The second kappa shape index (κ2) is 7.09. The highest BCUT2D eigenvalue weighted by molar-refractivity contribution is 6.03. The van der Waals surface area contributed by atoms with Crippen LogP contribution in [0.3, 0.4) is 0 Å². The van der Waals surface area contributed by atoms with Gasteiger partial charge in [-0.1, -0.05) is 0 Å². The summed E-state index contributed by atoms with van der Waals surface area (Å²) in [5, 5.41) is 7.93. The Morgan fingerprint density at radius 3 is 2.62 bits per heavy atom. The van der Waals surface area contributed by atoms with E-state index in [9.17, 15) is 9.59 Å². The zero-order valence-electron chi connectivity index (χ0n) is 16.2. The SMILES string of the molecule is CCOC(=O)C1=C(C)NC2=C(C(=O)CCC2)C1c1c(C)nn(CC)c1C. The van der Waals surface area contributed by atoms with Crippen molar-refractivity contribution in [1.82, 2.24) is 15.1 Å². The van der Waals surface area contributed by atoms with Gasteiger partial charge in [0, 0.05) is 41.2 Å². The minimum atomic E-state index is -0.404. The first-order valence-electron chi connectivity index (χ1n) is 9.35. The van der Waals surface area contributed by atoms with E-state index in [-0.39, 0.29) is 11.8 Å². The van der Waals surface area contributed by atoms with Crippen molar-refractivity contribution in [3.8, 4) is 0 Å². The van der Waals surface area contributed by atoms with Gasteiger partial charge in [-0.3, -0.25) is 9.48 Å². The summed E-state index contributed by atoms with van der Waals surface area (Å²) >= 11 is 0. The number of allylic oxidation sites excluding steroid dienone is 3. The molecule has 0 saturated heterocycles. The van der Waals surface area contributed by atoms with Crippen molar-refractivity contribution in [3.63, 3.8) is 0 Å². The molecule has 140 valence electrons. The van der Waals surface area contributed by atoms with Crippen LogP contribution in [0.15, 0.2) is 22.5 Å². The molecule has 1 aromatic rings. The number of ketones is 1. The first-order valence-corrected chi connectivity index (χ1v) is 9.35. The predicted molar refractivity (Wildman–Crippen MR) is 98.5 cm³/mol. The molecule has 0 bridgehead atoms. The Morgan fingerprint density at radius 1 is 1.27 bits per heavy atom. The summed E-state index contributed by atoms with van der Waals surface area (Å²) in [6.45, 7) is 10.7. The van der Waals surface area contributed by atoms with E-state index in [4.69, 9.17) is 4.74 Å². The van der Waals surface area contributed by atoms with Gasteiger partial charge >= 0.3 is 5.97 Å². The number of esters is 1. The van der Waals surface area contributed by atoms with E-state index < -0.39 is 5.92 Å². The third-order valence-corrected chi connectivity index (χ3v) is 5.30. The molecular formula is C20H27N3O3. The summed E-state index contributed by atoms with van der Waals surface area (Å²) in [5.74, 6) is -0.657. The maximum Gasteiger partial charge on any atom is 0.336 e. The average Bonchev–Trinajstić information content (AvgIpc) is 2.87. The maximum absolute atomic E-state index is 12.8. The summed E-state index contributed by atoms with van der Waals surface area (Å²) in [6.07, 6.45) is 2.18. The smallest absolute Gasteiger partial charge is 0.336 e. The van der Waals surface area contributed by atoms with Gasteiger partial charge in [-0.2, -0.15) is 5.10 Å². The molecule has 2 heterocycles. The van der Waals surface area contributed by atoms with Gasteiger partial charge < -0.3 is 10.1 Å². The number of Topliss-reactive ketones (excluding diaryl/α,β-unsaturated/α-hetero) is 1. The molecule has 1 atom stereocenters. The molecule has 0 aromatic carbocycles. The average molecular weight is 357 g/mol. The molecule has 0 radical (unpaired) electrons. The minimum absolute atomic E-state index is 0.112. The molecule has 3 rings (SSSR count). The maximum atomic E-state index is 12.8. The number of carbonyl (C=O) groups excluding carboxylic acids is 2. The summed E-state index contributed by atoms with van der Waals surface area (Å²) in [6, 6.07) is 0. The van der Waals surface area contributed by atoms with Crippen LogP contribution in [0, 0.1) is 13.8 Å². The van der Waals surface area contributed by atoms with Gasteiger partial charge in [0.15, 0.2) is 5.78 Å². The van der Waals surface area contributed by atoms with Crippen LogP contribution in [0.4, 0.5) is 0 Å². The molecule has 0 saturated carbocycles. The van der Waals surface area contributed by atoms with Crippen LogP contribution in [0.1, 0.15) is 62.9 Å². The van der Waals surface area contributed by atoms with Crippen molar-refractivity contribution >= 4 is 11.8 Å². The highest BCUT2D eigenvalue weighted by Gasteiger charge is 2.41. The van der Waals surface area contributed by atoms with Gasteiger partial charge in [-0.25, -0.2) is 4.79 Å². The number of nitrogens with zero attached hydrogens (tertiary/aromatic N) is 2. The van der Waals surface area contributed by atoms with E-state index in [1.54, 1.807) is 6.92 Å². The number of dihydropyridines is 1. The third kappa shape index (κ3) is 2.87. The fraction of sp³-hybridized carbons (Fsp3) is 0.550. The van der Waals surface area contributed by atoms with E-state index in [0.29, 0.717) is 24.2 Å². The lowest BCUT2D eigenvalue weighted by atomic mass is 9.74. The van der Waals surface area contributed by atoms with Crippen molar-refractivity contribution in [3.05, 3.63) is 39.5 Å². The highest BCUT2D eigenvalue weighted by atomic mass is 16.5. The second-order valence-corrected chi connectivity index (χ2v) is 6.89. The lowest BCUT2D eigenvalue weighted by Gasteiger charge is -2.34. The fourth-order valence-corrected chi connectivity index (χ4v) is 4.19. The molecule has 1 unspecified atom stereocenters. The fourth-order valence-electron chi connectivity index (χ4n) is 4.19. The summed E-state index contributed by atoms with van der Waals surface area (Å²) in [7, 11) is 0. The molecule has 1 aliphatic carbocycles. The first kappa shape index (κ1) is 18.4. The standard InChI is InChI=1S/C20H27N3O3/c1-6-23-13(5)16(12(4)22-23)19-17(20(25)26-7-2)11(3)21-14-9-8-10-15(24)18(14)19/h19,21H,6-10H2,1-5H3. The minimum Gasteiger partial charge on any atom is -0.463 e. The Balaban J connectivity index is 2.24. The van der Waals surface area contributed by atoms with Gasteiger partial charge in [0.2, 0.25) is 0 Å². The van der Waals surface area contributed by atoms with E-state index >= 15 is 0 Å². The summed E-state index contributed by atoms with van der Waals surface area (Å²) in [4.78, 5) is 25.6. The highest BCUT2D eigenvalue weighted by Crippen LogP contribution is 2.44. The van der Waals surface area contributed by atoms with Crippen LogP contribution in [-0.4, -0.2) is 28.1 Å². The van der Waals surface area contributed by atoms with Crippen LogP contribution in [-0.2, 0) is 20.9 Å². The lowest BCUT2D eigenvalue weighted by Crippen LogP contribution is -2.34. The molecular weight excluding hydrogens is 330 g/mol. The second-order valence-electron chi connectivity index (χ2n) is 6.89. The molecule has 1 aliphatic heterocycles. The van der Waals surface area contributed by atoms with Gasteiger partial charge in [0.1, 0.15) is 0 Å². The van der Waals surface area contributed by atoms with Crippen LogP contribution in [0.2, 0.25) is 0 Å². The van der Waals surface area contributed by atoms with Crippen molar-refractivity contribution in [1.29, 1.82) is 0 Å². The van der Waals surface area contributed by atoms with Crippen LogP contribution >= 0.6 is 0 Å².